The van der Waals surface area contributed by atoms with E-state index in [1.54, 1.807) is 14.0 Å². The predicted molar refractivity (Wildman–Crippen MR) is 70.0 cm³/mol. The summed E-state index contributed by atoms with van der Waals surface area (Å²) in [6.45, 7) is 1.91. The normalized spacial score (nSPS) is 13.4. The van der Waals surface area contributed by atoms with E-state index in [-0.39, 0.29) is 5.69 Å². The largest absolute Gasteiger partial charge is 0.318 e. The van der Waals surface area contributed by atoms with Gasteiger partial charge in [-0.3, -0.25) is 4.72 Å². The summed E-state index contributed by atoms with van der Waals surface area (Å²) in [6.07, 6.45) is 0. The van der Waals surface area contributed by atoms with Gasteiger partial charge in [-0.15, -0.1) is 0 Å². The Kier molecular flexibility index (Phi) is 4.91. The molecule has 2 N–H and O–H groups in total. The van der Waals surface area contributed by atoms with Crippen LogP contribution in [0.2, 0.25) is 0 Å². The van der Waals surface area contributed by atoms with E-state index in [9.17, 15) is 12.8 Å². The van der Waals surface area contributed by atoms with E-state index in [2.05, 4.69) is 26.0 Å². The molecule has 0 spiro atoms. The lowest BCUT2D eigenvalue weighted by molar-refractivity contribution is 0.583. The molecule has 0 radical (unpaired) electrons. The summed E-state index contributed by atoms with van der Waals surface area (Å²) in [6, 6.07) is 4.08. The minimum Gasteiger partial charge on any atom is -0.318 e. The molecule has 4 nitrogen and oxygen atoms in total. The molecule has 96 valence electrons. The van der Waals surface area contributed by atoms with Gasteiger partial charge in [0.05, 0.1) is 15.4 Å². The average molecular weight is 325 g/mol. The standard InChI is InChI=1S/C10H14BrFN2O2S/c1-7(6-13-2)17(15,16)14-8-3-4-9(11)10(12)5-8/h3-5,7,13-14H,6H2,1-2H3. The third-order valence-electron chi connectivity index (χ3n) is 2.20. The molecule has 0 bridgehead atoms. The first-order chi connectivity index (χ1) is 7.86. The van der Waals surface area contributed by atoms with Crippen LogP contribution in [0.5, 0.6) is 0 Å². The SMILES string of the molecule is CNCC(C)S(=O)(=O)Nc1ccc(Br)c(F)c1. The molecule has 0 aliphatic rings. The van der Waals surface area contributed by atoms with Crippen molar-refractivity contribution in [3.63, 3.8) is 0 Å². The van der Waals surface area contributed by atoms with Crippen molar-refractivity contribution < 1.29 is 12.8 Å². The molecule has 17 heavy (non-hydrogen) atoms. The lowest BCUT2D eigenvalue weighted by Gasteiger charge is -2.14. The van der Waals surface area contributed by atoms with Gasteiger partial charge in [-0.05, 0) is 48.1 Å². The van der Waals surface area contributed by atoms with Crippen molar-refractivity contribution in [2.75, 3.05) is 18.3 Å². The van der Waals surface area contributed by atoms with E-state index in [0.717, 1.165) is 6.07 Å². The highest BCUT2D eigenvalue weighted by molar-refractivity contribution is 9.10. The molecule has 0 aromatic heterocycles. The van der Waals surface area contributed by atoms with Crippen LogP contribution in [0, 0.1) is 5.82 Å². The molecule has 0 heterocycles. The first-order valence-corrected chi connectivity index (χ1v) is 7.32. The number of benzene rings is 1. The monoisotopic (exact) mass is 324 g/mol. The molecule has 1 rings (SSSR count). The maximum Gasteiger partial charge on any atom is 0.236 e. The van der Waals surface area contributed by atoms with Crippen LogP contribution in [-0.4, -0.2) is 27.3 Å². The van der Waals surface area contributed by atoms with E-state index in [0.29, 0.717) is 11.0 Å². The molecular weight excluding hydrogens is 311 g/mol. The Morgan fingerprint density at radius 1 is 1.47 bits per heavy atom. The summed E-state index contributed by atoms with van der Waals surface area (Å²) in [4.78, 5) is 0. The Bertz CT molecular complexity index is 493. The summed E-state index contributed by atoms with van der Waals surface area (Å²) in [7, 11) is -1.83. The number of rotatable bonds is 5. The molecule has 1 atom stereocenters. The van der Waals surface area contributed by atoms with Gasteiger partial charge in [-0.25, -0.2) is 12.8 Å². The summed E-state index contributed by atoms with van der Waals surface area (Å²) >= 11 is 3.00. The third kappa shape index (κ3) is 3.93. The second-order valence-corrected chi connectivity index (χ2v) is 6.60. The maximum atomic E-state index is 13.2. The van der Waals surface area contributed by atoms with Crippen LogP contribution < -0.4 is 10.0 Å². The number of hydrogen-bond donors (Lipinski definition) is 2. The maximum absolute atomic E-state index is 13.2. The Morgan fingerprint density at radius 2 is 2.12 bits per heavy atom. The van der Waals surface area contributed by atoms with Crippen LogP contribution in [0.25, 0.3) is 0 Å². The molecule has 1 aromatic carbocycles. The zero-order valence-corrected chi connectivity index (χ0v) is 11.9. The number of hydrogen-bond acceptors (Lipinski definition) is 3. The number of halogens is 2. The van der Waals surface area contributed by atoms with Crippen molar-refractivity contribution in [3.8, 4) is 0 Å². The number of sulfonamides is 1. The van der Waals surface area contributed by atoms with Crippen molar-refractivity contribution in [2.24, 2.45) is 0 Å². The summed E-state index contributed by atoms with van der Waals surface area (Å²) in [5.74, 6) is -0.508. The quantitative estimate of drug-likeness (QED) is 0.870. The fraction of sp³-hybridized carbons (Fsp3) is 0.400. The molecule has 0 amide bonds. The van der Waals surface area contributed by atoms with Gasteiger partial charge in [0.25, 0.3) is 0 Å². The lowest BCUT2D eigenvalue weighted by Crippen LogP contribution is -2.33. The number of anilines is 1. The molecule has 0 aliphatic carbocycles. The molecule has 1 aromatic rings. The van der Waals surface area contributed by atoms with Gasteiger partial charge >= 0.3 is 0 Å². The molecule has 0 aliphatic heterocycles. The lowest BCUT2D eigenvalue weighted by atomic mass is 10.3. The van der Waals surface area contributed by atoms with Gasteiger partial charge in [0, 0.05) is 6.54 Å². The van der Waals surface area contributed by atoms with Crippen molar-refractivity contribution in [1.82, 2.24) is 5.32 Å². The first-order valence-electron chi connectivity index (χ1n) is 4.98. The van der Waals surface area contributed by atoms with Gasteiger partial charge < -0.3 is 5.32 Å². The summed E-state index contributed by atoms with van der Waals surface area (Å²) < 4.78 is 39.4. The second-order valence-electron chi connectivity index (χ2n) is 3.64. The minimum absolute atomic E-state index is 0.216. The first kappa shape index (κ1) is 14.4. The van der Waals surface area contributed by atoms with Crippen molar-refractivity contribution in [1.29, 1.82) is 0 Å². The van der Waals surface area contributed by atoms with Crippen molar-refractivity contribution in [2.45, 2.75) is 12.2 Å². The Labute approximate surface area is 109 Å². The van der Waals surface area contributed by atoms with Crippen LogP contribution in [-0.2, 0) is 10.0 Å². The van der Waals surface area contributed by atoms with Gasteiger partial charge in [0.2, 0.25) is 10.0 Å². The van der Waals surface area contributed by atoms with E-state index in [4.69, 9.17) is 0 Å². The highest BCUT2D eigenvalue weighted by Crippen LogP contribution is 2.20. The molecule has 0 saturated carbocycles. The smallest absolute Gasteiger partial charge is 0.236 e. The van der Waals surface area contributed by atoms with Crippen LogP contribution >= 0.6 is 15.9 Å². The third-order valence-corrected chi connectivity index (χ3v) is 4.59. The van der Waals surface area contributed by atoms with E-state index in [1.807, 2.05) is 0 Å². The predicted octanol–water partition coefficient (Wildman–Crippen LogP) is 1.94. The van der Waals surface area contributed by atoms with Gasteiger partial charge in [-0.2, -0.15) is 0 Å². The highest BCUT2D eigenvalue weighted by atomic mass is 79.9. The summed E-state index contributed by atoms with van der Waals surface area (Å²) in [5, 5.41) is 2.18. The minimum atomic E-state index is -3.50. The highest BCUT2D eigenvalue weighted by Gasteiger charge is 2.20. The zero-order chi connectivity index (χ0) is 13.1. The van der Waals surface area contributed by atoms with Gasteiger partial charge in [-0.1, -0.05) is 0 Å². The van der Waals surface area contributed by atoms with Crippen LogP contribution in [0.1, 0.15) is 6.92 Å². The average Bonchev–Trinajstić information content (AvgIpc) is 2.23. The van der Waals surface area contributed by atoms with Crippen LogP contribution in [0.3, 0.4) is 0 Å². The molecule has 0 fully saturated rings. The Hall–Kier alpha value is -0.660. The van der Waals surface area contributed by atoms with E-state index >= 15 is 0 Å². The molecule has 7 heteroatoms. The van der Waals surface area contributed by atoms with Gasteiger partial charge in [0.15, 0.2) is 0 Å². The van der Waals surface area contributed by atoms with Crippen LogP contribution in [0.15, 0.2) is 22.7 Å². The molecule has 1 unspecified atom stereocenters. The molecular formula is C10H14BrFN2O2S. The molecule has 0 saturated heterocycles. The zero-order valence-electron chi connectivity index (χ0n) is 9.50. The van der Waals surface area contributed by atoms with E-state index in [1.165, 1.54) is 12.1 Å². The van der Waals surface area contributed by atoms with Crippen molar-refractivity contribution >= 4 is 31.6 Å². The van der Waals surface area contributed by atoms with Crippen molar-refractivity contribution in [3.05, 3.63) is 28.5 Å². The summed E-state index contributed by atoms with van der Waals surface area (Å²) in [5.41, 5.74) is 0.216. The van der Waals surface area contributed by atoms with Crippen LogP contribution in [0.4, 0.5) is 10.1 Å². The van der Waals surface area contributed by atoms with E-state index < -0.39 is 21.1 Å². The topological polar surface area (TPSA) is 58.2 Å². The fourth-order valence-electron chi connectivity index (χ4n) is 1.22. The number of nitrogens with one attached hydrogen (secondary N) is 2. The fourth-order valence-corrected chi connectivity index (χ4v) is 2.51. The van der Waals surface area contributed by atoms with Gasteiger partial charge in [0.1, 0.15) is 5.82 Å². The second kappa shape index (κ2) is 5.79. The Morgan fingerprint density at radius 3 is 2.65 bits per heavy atom. The Balaban J connectivity index is 2.86.